The fourth-order valence-electron chi connectivity index (χ4n) is 1.81. The summed E-state index contributed by atoms with van der Waals surface area (Å²) < 4.78 is 0. The lowest BCUT2D eigenvalue weighted by atomic mass is 10.0. The SMILES string of the molecule is Cc1cnc(C)c(-c2cccc(CC(=O)O)c2)n1. The van der Waals surface area contributed by atoms with E-state index in [4.69, 9.17) is 5.11 Å². The minimum atomic E-state index is -0.834. The standard InChI is InChI=1S/C14H14N2O2/c1-9-8-15-10(2)14(16-9)12-5-3-4-11(6-12)7-13(17)18/h3-6,8H,7H2,1-2H3,(H,17,18). The molecule has 2 aromatic rings. The van der Waals surface area contributed by atoms with Gasteiger partial charge in [0.25, 0.3) is 0 Å². The molecule has 0 amide bonds. The van der Waals surface area contributed by atoms with Crippen LogP contribution in [0.15, 0.2) is 30.5 Å². The van der Waals surface area contributed by atoms with Gasteiger partial charge in [-0.15, -0.1) is 0 Å². The molecule has 0 aliphatic carbocycles. The molecule has 0 unspecified atom stereocenters. The van der Waals surface area contributed by atoms with E-state index in [1.807, 2.05) is 32.0 Å². The van der Waals surface area contributed by atoms with E-state index in [1.165, 1.54) is 0 Å². The van der Waals surface area contributed by atoms with Crippen LogP contribution in [0.2, 0.25) is 0 Å². The molecule has 0 saturated heterocycles. The fourth-order valence-corrected chi connectivity index (χ4v) is 1.81. The molecule has 92 valence electrons. The first kappa shape index (κ1) is 12.2. The van der Waals surface area contributed by atoms with Crippen molar-refractivity contribution in [2.24, 2.45) is 0 Å². The van der Waals surface area contributed by atoms with Crippen LogP contribution in [-0.4, -0.2) is 21.0 Å². The van der Waals surface area contributed by atoms with Gasteiger partial charge in [0.1, 0.15) is 0 Å². The smallest absolute Gasteiger partial charge is 0.307 e. The minimum absolute atomic E-state index is 0.0200. The van der Waals surface area contributed by atoms with Crippen molar-refractivity contribution < 1.29 is 9.90 Å². The Bertz CT molecular complexity index is 594. The predicted molar refractivity (Wildman–Crippen MR) is 68.3 cm³/mol. The van der Waals surface area contributed by atoms with Crippen molar-refractivity contribution in [2.45, 2.75) is 20.3 Å². The molecular weight excluding hydrogens is 228 g/mol. The van der Waals surface area contributed by atoms with Crippen molar-refractivity contribution in [1.82, 2.24) is 9.97 Å². The Hall–Kier alpha value is -2.23. The van der Waals surface area contributed by atoms with Gasteiger partial charge >= 0.3 is 5.97 Å². The van der Waals surface area contributed by atoms with Crippen molar-refractivity contribution in [1.29, 1.82) is 0 Å². The molecule has 1 N–H and O–H groups in total. The van der Waals surface area contributed by atoms with E-state index >= 15 is 0 Å². The van der Waals surface area contributed by atoms with Gasteiger partial charge in [-0.05, 0) is 25.5 Å². The van der Waals surface area contributed by atoms with Crippen LogP contribution in [0, 0.1) is 13.8 Å². The monoisotopic (exact) mass is 242 g/mol. The number of nitrogens with zero attached hydrogens (tertiary/aromatic N) is 2. The van der Waals surface area contributed by atoms with Crippen LogP contribution in [0.25, 0.3) is 11.3 Å². The maximum Gasteiger partial charge on any atom is 0.307 e. The van der Waals surface area contributed by atoms with Gasteiger partial charge in [0.15, 0.2) is 0 Å². The summed E-state index contributed by atoms with van der Waals surface area (Å²) in [6.07, 6.45) is 1.74. The second-order valence-electron chi connectivity index (χ2n) is 4.22. The Kier molecular flexibility index (Phi) is 3.37. The number of rotatable bonds is 3. The van der Waals surface area contributed by atoms with E-state index < -0.39 is 5.97 Å². The first-order chi connectivity index (χ1) is 8.56. The zero-order chi connectivity index (χ0) is 13.1. The molecule has 2 rings (SSSR count). The Balaban J connectivity index is 2.44. The van der Waals surface area contributed by atoms with E-state index in [2.05, 4.69) is 9.97 Å². The maximum absolute atomic E-state index is 10.7. The van der Waals surface area contributed by atoms with Crippen LogP contribution in [0.3, 0.4) is 0 Å². The summed E-state index contributed by atoms with van der Waals surface area (Å²) in [7, 11) is 0. The van der Waals surface area contributed by atoms with Gasteiger partial charge in [-0.3, -0.25) is 9.78 Å². The Morgan fingerprint density at radius 2 is 2.11 bits per heavy atom. The summed E-state index contributed by atoms with van der Waals surface area (Å²) in [4.78, 5) is 19.4. The van der Waals surface area contributed by atoms with E-state index in [0.717, 1.165) is 28.2 Å². The molecule has 0 spiro atoms. The third-order valence-corrected chi connectivity index (χ3v) is 2.63. The highest BCUT2D eigenvalue weighted by molar-refractivity contribution is 5.71. The molecule has 0 aliphatic heterocycles. The van der Waals surface area contributed by atoms with Crippen LogP contribution in [-0.2, 0) is 11.2 Å². The van der Waals surface area contributed by atoms with Crippen molar-refractivity contribution in [3.8, 4) is 11.3 Å². The third-order valence-electron chi connectivity index (χ3n) is 2.63. The van der Waals surface area contributed by atoms with E-state index in [9.17, 15) is 4.79 Å². The number of hydrogen-bond acceptors (Lipinski definition) is 3. The second kappa shape index (κ2) is 4.96. The van der Waals surface area contributed by atoms with Crippen LogP contribution in [0.5, 0.6) is 0 Å². The Morgan fingerprint density at radius 3 is 2.83 bits per heavy atom. The lowest BCUT2D eigenvalue weighted by Gasteiger charge is -2.07. The van der Waals surface area contributed by atoms with Crippen LogP contribution >= 0.6 is 0 Å². The quantitative estimate of drug-likeness (QED) is 0.897. The molecule has 1 aromatic carbocycles. The molecule has 1 aromatic heterocycles. The highest BCUT2D eigenvalue weighted by atomic mass is 16.4. The van der Waals surface area contributed by atoms with Gasteiger partial charge < -0.3 is 5.11 Å². The highest BCUT2D eigenvalue weighted by Crippen LogP contribution is 2.21. The van der Waals surface area contributed by atoms with E-state index in [-0.39, 0.29) is 6.42 Å². The summed E-state index contributed by atoms with van der Waals surface area (Å²) in [5.74, 6) is -0.834. The summed E-state index contributed by atoms with van der Waals surface area (Å²) >= 11 is 0. The number of carboxylic acids is 1. The lowest BCUT2D eigenvalue weighted by molar-refractivity contribution is -0.136. The van der Waals surface area contributed by atoms with Gasteiger partial charge in [-0.1, -0.05) is 18.2 Å². The van der Waals surface area contributed by atoms with Gasteiger partial charge in [-0.25, -0.2) is 4.98 Å². The van der Waals surface area contributed by atoms with Crippen LogP contribution < -0.4 is 0 Å². The van der Waals surface area contributed by atoms with E-state index in [1.54, 1.807) is 12.3 Å². The van der Waals surface area contributed by atoms with Crippen molar-refractivity contribution in [3.63, 3.8) is 0 Å². The Morgan fingerprint density at radius 1 is 1.33 bits per heavy atom. The zero-order valence-electron chi connectivity index (χ0n) is 10.3. The Labute approximate surface area is 105 Å². The highest BCUT2D eigenvalue weighted by Gasteiger charge is 2.07. The lowest BCUT2D eigenvalue weighted by Crippen LogP contribution is -2.00. The normalized spacial score (nSPS) is 10.3. The fraction of sp³-hybridized carbons (Fsp3) is 0.214. The van der Waals surface area contributed by atoms with Crippen molar-refractivity contribution in [3.05, 3.63) is 47.4 Å². The molecule has 0 saturated carbocycles. The summed E-state index contributed by atoms with van der Waals surface area (Å²) in [5.41, 5.74) is 4.17. The molecule has 18 heavy (non-hydrogen) atoms. The molecule has 0 radical (unpaired) electrons. The minimum Gasteiger partial charge on any atom is -0.481 e. The number of carbonyl (C=O) groups is 1. The topological polar surface area (TPSA) is 63.1 Å². The number of carboxylic acid groups (broad SMARTS) is 1. The summed E-state index contributed by atoms with van der Waals surface area (Å²) in [6, 6.07) is 7.42. The molecule has 4 heteroatoms. The first-order valence-electron chi connectivity index (χ1n) is 5.67. The van der Waals surface area contributed by atoms with Crippen molar-refractivity contribution in [2.75, 3.05) is 0 Å². The van der Waals surface area contributed by atoms with Gasteiger partial charge in [0.05, 0.1) is 23.5 Å². The molecule has 0 fully saturated rings. The number of benzene rings is 1. The first-order valence-corrected chi connectivity index (χ1v) is 5.67. The average molecular weight is 242 g/mol. The maximum atomic E-state index is 10.7. The molecule has 0 bridgehead atoms. The van der Waals surface area contributed by atoms with E-state index in [0.29, 0.717) is 0 Å². The third kappa shape index (κ3) is 2.71. The van der Waals surface area contributed by atoms with Gasteiger partial charge in [0.2, 0.25) is 0 Å². The molecule has 0 aliphatic rings. The number of aryl methyl sites for hydroxylation is 2. The van der Waals surface area contributed by atoms with Gasteiger partial charge in [0, 0.05) is 11.8 Å². The zero-order valence-corrected chi connectivity index (χ0v) is 10.3. The van der Waals surface area contributed by atoms with Crippen molar-refractivity contribution >= 4 is 5.97 Å². The second-order valence-corrected chi connectivity index (χ2v) is 4.22. The van der Waals surface area contributed by atoms with Gasteiger partial charge in [-0.2, -0.15) is 0 Å². The molecule has 0 atom stereocenters. The summed E-state index contributed by atoms with van der Waals surface area (Å²) in [6.45, 7) is 3.78. The largest absolute Gasteiger partial charge is 0.481 e. The summed E-state index contributed by atoms with van der Waals surface area (Å²) in [5, 5.41) is 8.80. The van der Waals surface area contributed by atoms with Crippen LogP contribution in [0.1, 0.15) is 17.0 Å². The number of aromatic nitrogens is 2. The molecule has 1 heterocycles. The number of hydrogen-bond donors (Lipinski definition) is 1. The predicted octanol–water partition coefficient (Wildman–Crippen LogP) is 2.39. The number of aliphatic carboxylic acids is 1. The average Bonchev–Trinajstić information content (AvgIpc) is 2.32. The van der Waals surface area contributed by atoms with Crippen LogP contribution in [0.4, 0.5) is 0 Å². The molecular formula is C14H14N2O2. The molecule has 4 nitrogen and oxygen atoms in total.